The van der Waals surface area contributed by atoms with E-state index in [9.17, 15) is 9.90 Å². The lowest BCUT2D eigenvalue weighted by molar-refractivity contribution is 0.0698. The predicted octanol–water partition coefficient (Wildman–Crippen LogP) is 3.03. The fourth-order valence-corrected chi connectivity index (χ4v) is 1.90. The molecule has 0 radical (unpaired) electrons. The average molecular weight is 272 g/mol. The van der Waals surface area contributed by atoms with Crippen molar-refractivity contribution in [2.24, 2.45) is 0 Å². The predicted molar refractivity (Wildman–Crippen MR) is 78.8 cm³/mol. The van der Waals surface area contributed by atoms with Gasteiger partial charge in [0.15, 0.2) is 0 Å². The average Bonchev–Trinajstić information content (AvgIpc) is 2.40. The van der Waals surface area contributed by atoms with E-state index in [1.54, 1.807) is 19.2 Å². The van der Waals surface area contributed by atoms with E-state index in [1.165, 1.54) is 6.07 Å². The van der Waals surface area contributed by atoms with Crippen molar-refractivity contribution in [1.82, 2.24) is 0 Å². The number of hydrogen-bond acceptors (Lipinski definition) is 4. The molecule has 5 nitrogen and oxygen atoms in total. The van der Waals surface area contributed by atoms with E-state index >= 15 is 0 Å². The van der Waals surface area contributed by atoms with Gasteiger partial charge in [-0.1, -0.05) is 0 Å². The van der Waals surface area contributed by atoms with Gasteiger partial charge in [0.2, 0.25) is 0 Å². The Morgan fingerprint density at radius 3 is 2.55 bits per heavy atom. The summed E-state index contributed by atoms with van der Waals surface area (Å²) in [4.78, 5) is 11.2. The monoisotopic (exact) mass is 272 g/mol. The van der Waals surface area contributed by atoms with E-state index in [0.29, 0.717) is 11.4 Å². The molecule has 0 aliphatic heterocycles. The van der Waals surface area contributed by atoms with Gasteiger partial charge in [-0.2, -0.15) is 0 Å². The largest absolute Gasteiger partial charge is 0.497 e. The molecule has 0 aromatic heterocycles. The highest BCUT2D eigenvalue weighted by Gasteiger charge is 2.11. The Balaban J connectivity index is 2.39. The van der Waals surface area contributed by atoms with Crippen LogP contribution in [0.1, 0.15) is 15.9 Å². The second-order valence-electron chi connectivity index (χ2n) is 4.42. The molecule has 0 spiro atoms. The van der Waals surface area contributed by atoms with Crippen molar-refractivity contribution in [3.63, 3.8) is 0 Å². The van der Waals surface area contributed by atoms with Gasteiger partial charge in [0, 0.05) is 11.4 Å². The van der Waals surface area contributed by atoms with Crippen molar-refractivity contribution in [3.8, 4) is 5.75 Å². The van der Waals surface area contributed by atoms with Crippen LogP contribution >= 0.6 is 0 Å². The molecule has 0 atom stereocenters. The highest BCUT2D eigenvalue weighted by molar-refractivity contribution is 5.96. The smallest absolute Gasteiger partial charge is 0.337 e. The Labute approximate surface area is 117 Å². The molecule has 0 amide bonds. The van der Waals surface area contributed by atoms with Crippen LogP contribution in [-0.4, -0.2) is 18.2 Å². The normalized spacial score (nSPS) is 10.1. The van der Waals surface area contributed by atoms with Crippen LogP contribution in [0.4, 0.5) is 17.1 Å². The molecule has 2 aromatic carbocycles. The topological polar surface area (TPSA) is 84.6 Å². The third kappa shape index (κ3) is 2.83. The summed E-state index contributed by atoms with van der Waals surface area (Å²) in [6, 6.07) is 10.2. The SMILES string of the molecule is COc1ccc(Nc2cc(N)ccc2C(=O)O)c(C)c1. The van der Waals surface area contributed by atoms with Gasteiger partial charge in [0.1, 0.15) is 5.75 Å². The van der Waals surface area contributed by atoms with Gasteiger partial charge in [-0.25, -0.2) is 4.79 Å². The van der Waals surface area contributed by atoms with Gasteiger partial charge in [-0.3, -0.25) is 0 Å². The molecule has 0 saturated heterocycles. The molecule has 5 heteroatoms. The molecule has 0 bridgehead atoms. The van der Waals surface area contributed by atoms with Crippen molar-refractivity contribution >= 4 is 23.0 Å². The molecule has 0 saturated carbocycles. The molecule has 104 valence electrons. The summed E-state index contributed by atoms with van der Waals surface area (Å²) < 4.78 is 5.14. The molecule has 0 unspecified atom stereocenters. The highest BCUT2D eigenvalue weighted by atomic mass is 16.5. The first kappa shape index (κ1) is 13.7. The molecule has 20 heavy (non-hydrogen) atoms. The molecule has 0 fully saturated rings. The number of aromatic carboxylic acids is 1. The lowest BCUT2D eigenvalue weighted by atomic mass is 10.1. The van der Waals surface area contributed by atoms with Crippen molar-refractivity contribution in [2.75, 3.05) is 18.2 Å². The standard InChI is InChI=1S/C15H16N2O3/c1-9-7-11(20-2)4-6-13(9)17-14-8-10(16)3-5-12(14)15(18)19/h3-8,17H,16H2,1-2H3,(H,18,19). The van der Waals surface area contributed by atoms with Crippen molar-refractivity contribution < 1.29 is 14.6 Å². The van der Waals surface area contributed by atoms with Gasteiger partial charge in [0.05, 0.1) is 18.4 Å². The number of rotatable bonds is 4. The number of ether oxygens (including phenoxy) is 1. The van der Waals surface area contributed by atoms with E-state index in [0.717, 1.165) is 17.0 Å². The van der Waals surface area contributed by atoms with Crippen LogP contribution in [0.2, 0.25) is 0 Å². The van der Waals surface area contributed by atoms with E-state index in [2.05, 4.69) is 5.32 Å². The summed E-state index contributed by atoms with van der Waals surface area (Å²) in [6.07, 6.45) is 0. The Bertz CT molecular complexity index is 654. The van der Waals surface area contributed by atoms with E-state index in [-0.39, 0.29) is 5.56 Å². The van der Waals surface area contributed by atoms with Crippen LogP contribution in [-0.2, 0) is 0 Å². The van der Waals surface area contributed by atoms with Crippen molar-refractivity contribution in [3.05, 3.63) is 47.5 Å². The number of nitrogens with two attached hydrogens (primary N) is 1. The number of anilines is 3. The molecule has 2 aromatic rings. The minimum absolute atomic E-state index is 0.175. The zero-order chi connectivity index (χ0) is 14.7. The van der Waals surface area contributed by atoms with Crippen LogP contribution in [0.25, 0.3) is 0 Å². The van der Waals surface area contributed by atoms with Crippen LogP contribution in [0.5, 0.6) is 5.75 Å². The third-order valence-electron chi connectivity index (χ3n) is 2.98. The Morgan fingerprint density at radius 1 is 1.20 bits per heavy atom. The number of hydrogen-bond donors (Lipinski definition) is 3. The fourth-order valence-electron chi connectivity index (χ4n) is 1.90. The summed E-state index contributed by atoms with van der Waals surface area (Å²) in [7, 11) is 1.60. The first-order valence-corrected chi connectivity index (χ1v) is 6.05. The number of aryl methyl sites for hydroxylation is 1. The fraction of sp³-hybridized carbons (Fsp3) is 0.133. The molecule has 4 N–H and O–H groups in total. The molecule has 0 aliphatic rings. The van der Waals surface area contributed by atoms with Gasteiger partial charge in [-0.05, 0) is 48.9 Å². The van der Waals surface area contributed by atoms with Gasteiger partial charge < -0.3 is 20.9 Å². The maximum Gasteiger partial charge on any atom is 0.337 e. The maximum absolute atomic E-state index is 11.2. The number of carbonyl (C=O) groups is 1. The first-order chi connectivity index (χ1) is 9.51. The number of carboxylic acids is 1. The Kier molecular flexibility index (Phi) is 3.79. The summed E-state index contributed by atoms with van der Waals surface area (Å²) in [6.45, 7) is 1.91. The number of carboxylic acid groups (broad SMARTS) is 1. The first-order valence-electron chi connectivity index (χ1n) is 6.05. The minimum Gasteiger partial charge on any atom is -0.497 e. The zero-order valence-corrected chi connectivity index (χ0v) is 11.3. The Morgan fingerprint density at radius 2 is 1.95 bits per heavy atom. The maximum atomic E-state index is 11.2. The number of benzene rings is 2. The highest BCUT2D eigenvalue weighted by Crippen LogP contribution is 2.27. The van der Waals surface area contributed by atoms with Crippen LogP contribution in [0.15, 0.2) is 36.4 Å². The number of methoxy groups -OCH3 is 1. The van der Waals surface area contributed by atoms with Gasteiger partial charge in [0.25, 0.3) is 0 Å². The number of nitrogens with one attached hydrogen (secondary N) is 1. The van der Waals surface area contributed by atoms with Gasteiger partial charge in [-0.15, -0.1) is 0 Å². The summed E-state index contributed by atoms with van der Waals surface area (Å²) in [5, 5.41) is 12.3. The van der Waals surface area contributed by atoms with Crippen molar-refractivity contribution in [2.45, 2.75) is 6.92 Å². The molecular weight excluding hydrogens is 256 g/mol. The van der Waals surface area contributed by atoms with E-state index in [1.807, 2.05) is 25.1 Å². The van der Waals surface area contributed by atoms with Gasteiger partial charge >= 0.3 is 5.97 Å². The molecule has 0 aliphatic carbocycles. The van der Waals surface area contributed by atoms with Crippen molar-refractivity contribution in [1.29, 1.82) is 0 Å². The van der Waals surface area contributed by atoms with Crippen LogP contribution < -0.4 is 15.8 Å². The molecule has 0 heterocycles. The molecular formula is C15H16N2O3. The van der Waals surface area contributed by atoms with Crippen LogP contribution in [0, 0.1) is 6.92 Å². The van der Waals surface area contributed by atoms with Crippen LogP contribution in [0.3, 0.4) is 0 Å². The second-order valence-corrected chi connectivity index (χ2v) is 4.42. The zero-order valence-electron chi connectivity index (χ0n) is 11.3. The minimum atomic E-state index is -1.00. The summed E-state index contributed by atoms with van der Waals surface area (Å²) in [5.74, 6) is -0.252. The third-order valence-corrected chi connectivity index (χ3v) is 2.98. The van der Waals surface area contributed by atoms with E-state index < -0.39 is 5.97 Å². The summed E-state index contributed by atoms with van der Waals surface area (Å²) >= 11 is 0. The quantitative estimate of drug-likeness (QED) is 0.745. The second kappa shape index (κ2) is 5.52. The lowest BCUT2D eigenvalue weighted by Gasteiger charge is -2.13. The molecule has 2 rings (SSSR count). The summed E-state index contributed by atoms with van der Waals surface area (Å²) in [5.41, 5.74) is 8.61. The van der Waals surface area contributed by atoms with E-state index in [4.69, 9.17) is 10.5 Å². The Hall–Kier alpha value is -2.69. The number of nitrogen functional groups attached to an aromatic ring is 1. The lowest BCUT2D eigenvalue weighted by Crippen LogP contribution is -2.04.